The molecule has 0 amide bonds. The van der Waals surface area contributed by atoms with Gasteiger partial charge in [-0.2, -0.15) is 0 Å². The maximum absolute atomic E-state index is 12.1. The third-order valence-corrected chi connectivity index (χ3v) is 9.09. The van der Waals surface area contributed by atoms with E-state index in [0.717, 1.165) is 5.57 Å². The normalized spacial score (nSPS) is 64.0. The Morgan fingerprint density at radius 3 is 2.67 bits per heavy atom. The van der Waals surface area contributed by atoms with Crippen LogP contribution < -0.4 is 0 Å². The Hall–Kier alpha value is -0.990. The molecule has 4 heterocycles. The minimum atomic E-state index is -0.864. The highest BCUT2D eigenvalue weighted by molar-refractivity contribution is 5.93. The molecule has 7 aliphatic rings. The number of cyclic esters (lactones) is 1. The first-order valence-corrected chi connectivity index (χ1v) is 10.1. The smallest absolute Gasteiger partial charge is 0.337 e. The maximum atomic E-state index is 12.1. The lowest BCUT2D eigenvalue weighted by Gasteiger charge is -2.54. The van der Waals surface area contributed by atoms with Crippen LogP contribution in [0.25, 0.3) is 0 Å². The van der Waals surface area contributed by atoms with E-state index in [1.165, 1.54) is 0 Å². The van der Waals surface area contributed by atoms with Gasteiger partial charge in [-0.25, -0.2) is 4.79 Å². The molecule has 2 spiro atoms. The maximum Gasteiger partial charge on any atom is 0.337 e. The van der Waals surface area contributed by atoms with E-state index in [0.29, 0.717) is 18.4 Å². The van der Waals surface area contributed by atoms with E-state index >= 15 is 0 Å². The predicted octanol–water partition coefficient (Wildman–Crippen LogP) is 0.0739. The van der Waals surface area contributed by atoms with Crippen LogP contribution in [0.1, 0.15) is 33.6 Å². The van der Waals surface area contributed by atoms with Crippen molar-refractivity contribution in [2.75, 3.05) is 6.61 Å². The third kappa shape index (κ3) is 1.27. The highest BCUT2D eigenvalue weighted by Crippen LogP contribution is 2.82. The largest absolute Gasteiger partial charge is 0.458 e. The molecular formula is C20H24O7. The lowest BCUT2D eigenvalue weighted by molar-refractivity contribution is -0.137. The van der Waals surface area contributed by atoms with Gasteiger partial charge < -0.3 is 29.2 Å². The van der Waals surface area contributed by atoms with Crippen LogP contribution in [-0.2, 0) is 23.7 Å². The molecule has 0 aromatic heterocycles. The average Bonchev–Trinajstić information content (AvgIpc) is 3.48. The summed E-state index contributed by atoms with van der Waals surface area (Å²) in [6.45, 7) is 6.51. The van der Waals surface area contributed by atoms with Crippen LogP contribution in [0.15, 0.2) is 11.1 Å². The molecule has 0 bridgehead atoms. The first-order chi connectivity index (χ1) is 12.8. The van der Waals surface area contributed by atoms with Crippen molar-refractivity contribution in [1.29, 1.82) is 0 Å². The van der Waals surface area contributed by atoms with Crippen molar-refractivity contribution >= 4 is 5.97 Å². The van der Waals surface area contributed by atoms with Crippen molar-refractivity contribution in [3.05, 3.63) is 11.1 Å². The van der Waals surface area contributed by atoms with Gasteiger partial charge in [-0.05, 0) is 30.3 Å². The molecule has 0 unspecified atom stereocenters. The number of aliphatic hydroxyl groups is 2. The summed E-state index contributed by atoms with van der Waals surface area (Å²) in [5, 5.41) is 22.3. The van der Waals surface area contributed by atoms with Gasteiger partial charge in [-0.15, -0.1) is 0 Å². The number of carbonyl (C=O) groups is 1. The Morgan fingerprint density at radius 1 is 1.15 bits per heavy atom. The highest BCUT2D eigenvalue weighted by Gasteiger charge is 3.00. The Labute approximate surface area is 156 Å². The first-order valence-electron chi connectivity index (χ1n) is 10.1. The minimum absolute atomic E-state index is 0.0467. The van der Waals surface area contributed by atoms with Gasteiger partial charge in [-0.1, -0.05) is 20.8 Å². The molecule has 0 aromatic rings. The fraction of sp³-hybridized carbons (Fsp3) is 0.850. The molecule has 10 atom stereocenters. The van der Waals surface area contributed by atoms with Gasteiger partial charge >= 0.3 is 5.97 Å². The van der Waals surface area contributed by atoms with E-state index in [-0.39, 0.29) is 36.8 Å². The topological polar surface area (TPSA) is 104 Å². The minimum Gasteiger partial charge on any atom is -0.458 e. The molecular weight excluding hydrogens is 352 g/mol. The summed E-state index contributed by atoms with van der Waals surface area (Å²) in [6, 6.07) is 0. The second-order valence-corrected chi connectivity index (χ2v) is 10.1. The van der Waals surface area contributed by atoms with Crippen molar-refractivity contribution in [3.63, 3.8) is 0 Å². The lowest BCUT2D eigenvalue weighted by atomic mass is 9.46. The number of aliphatic hydroxyl groups excluding tert-OH is 2. The van der Waals surface area contributed by atoms with E-state index in [2.05, 4.69) is 20.8 Å². The van der Waals surface area contributed by atoms with Crippen LogP contribution in [0.2, 0.25) is 0 Å². The molecule has 27 heavy (non-hydrogen) atoms. The number of ether oxygens (including phenoxy) is 4. The Bertz CT molecular complexity index is 851. The van der Waals surface area contributed by atoms with Gasteiger partial charge in [0, 0.05) is 5.41 Å². The van der Waals surface area contributed by atoms with Gasteiger partial charge in [0.2, 0.25) is 0 Å². The van der Waals surface area contributed by atoms with Gasteiger partial charge in [0.15, 0.2) is 5.60 Å². The van der Waals surface area contributed by atoms with Crippen LogP contribution in [0.4, 0.5) is 0 Å². The van der Waals surface area contributed by atoms with Crippen LogP contribution in [0.5, 0.6) is 0 Å². The van der Waals surface area contributed by atoms with Crippen molar-refractivity contribution in [2.24, 2.45) is 17.3 Å². The molecule has 2 saturated carbocycles. The summed E-state index contributed by atoms with van der Waals surface area (Å²) in [7, 11) is 0. The van der Waals surface area contributed by atoms with E-state index < -0.39 is 40.4 Å². The zero-order chi connectivity index (χ0) is 18.7. The summed E-state index contributed by atoms with van der Waals surface area (Å²) >= 11 is 0. The van der Waals surface area contributed by atoms with Crippen molar-refractivity contribution in [1.82, 2.24) is 0 Å². The molecule has 7 heteroatoms. The zero-order valence-corrected chi connectivity index (χ0v) is 15.6. The van der Waals surface area contributed by atoms with Gasteiger partial charge in [0.1, 0.15) is 36.1 Å². The quantitative estimate of drug-likeness (QED) is 0.493. The van der Waals surface area contributed by atoms with Gasteiger partial charge in [0.25, 0.3) is 0 Å². The summed E-state index contributed by atoms with van der Waals surface area (Å²) in [5.74, 6) is -0.186. The summed E-state index contributed by atoms with van der Waals surface area (Å²) in [4.78, 5) is 12.1. The predicted molar refractivity (Wildman–Crippen MR) is 88.5 cm³/mol. The zero-order valence-electron chi connectivity index (χ0n) is 15.6. The fourth-order valence-electron chi connectivity index (χ4n) is 7.80. The molecule has 2 N–H and O–H groups in total. The monoisotopic (exact) mass is 376 g/mol. The van der Waals surface area contributed by atoms with Crippen molar-refractivity contribution in [2.45, 2.75) is 80.9 Å². The second kappa shape index (κ2) is 4.00. The number of epoxide rings is 3. The van der Waals surface area contributed by atoms with Crippen molar-refractivity contribution < 1.29 is 34.0 Å². The average molecular weight is 376 g/mol. The number of rotatable bonds is 1. The Kier molecular flexibility index (Phi) is 2.35. The van der Waals surface area contributed by atoms with Gasteiger partial charge in [0.05, 0.1) is 17.8 Å². The molecule has 5 fully saturated rings. The number of fused-ring (bicyclic) bond motifs is 4. The summed E-state index contributed by atoms with van der Waals surface area (Å²) < 4.78 is 24.1. The van der Waals surface area contributed by atoms with Gasteiger partial charge in [-0.3, -0.25) is 0 Å². The van der Waals surface area contributed by atoms with Crippen LogP contribution in [0.3, 0.4) is 0 Å². The summed E-state index contributed by atoms with van der Waals surface area (Å²) in [6.07, 6.45) is -0.861. The van der Waals surface area contributed by atoms with Crippen molar-refractivity contribution in [3.8, 4) is 0 Å². The van der Waals surface area contributed by atoms with E-state index in [9.17, 15) is 15.0 Å². The highest BCUT2D eigenvalue weighted by atomic mass is 16.7. The molecule has 3 saturated heterocycles. The number of esters is 1. The molecule has 0 radical (unpaired) electrons. The third-order valence-electron chi connectivity index (χ3n) is 9.09. The Morgan fingerprint density at radius 2 is 1.93 bits per heavy atom. The molecule has 3 aliphatic carbocycles. The SMILES string of the molecule is CC(C)[C@]12O[C@H]1[C@@H]1O[C@]13[C@]1(O[C@H]1C[C@H]1C4=C(C(=O)OC4)[C@H](O)C[C@@]13C)[C@@H]2O. The van der Waals surface area contributed by atoms with Crippen LogP contribution >= 0.6 is 0 Å². The van der Waals surface area contributed by atoms with E-state index in [4.69, 9.17) is 18.9 Å². The molecule has 4 aliphatic heterocycles. The molecule has 7 rings (SSSR count). The number of carbonyl (C=O) groups excluding carboxylic acids is 1. The fourth-order valence-corrected chi connectivity index (χ4v) is 7.80. The van der Waals surface area contributed by atoms with E-state index in [1.54, 1.807) is 0 Å². The lowest BCUT2D eigenvalue weighted by Crippen LogP contribution is -2.69. The first kappa shape index (κ1) is 15.9. The standard InChI is InChI=1S/C20H24O7/c1-7(2)18-13(26-18)14-20(27-14)17(3)5-10(21)12-8(6-24-15(12)22)9(17)4-11-19(20,25-11)16(18)23/h7,9-11,13-14,16,21,23H,4-6H2,1-3H3/t9-,10+,11-,13-,14-,16+,17-,18-,19+,20+/m0/s1. The summed E-state index contributed by atoms with van der Waals surface area (Å²) in [5.41, 5.74) is -1.12. The Balaban J connectivity index is 1.40. The second-order valence-electron chi connectivity index (χ2n) is 10.1. The van der Waals surface area contributed by atoms with Crippen LogP contribution in [-0.4, -0.2) is 70.1 Å². The molecule has 0 aromatic carbocycles. The number of hydrogen-bond donors (Lipinski definition) is 2. The molecule has 7 nitrogen and oxygen atoms in total. The van der Waals surface area contributed by atoms with E-state index in [1.807, 2.05) is 0 Å². The van der Waals surface area contributed by atoms with Crippen LogP contribution in [0, 0.1) is 17.3 Å². The molecule has 146 valence electrons. The number of hydrogen-bond acceptors (Lipinski definition) is 7.